The average molecular weight is 253 g/mol. The molecule has 0 fully saturated rings. The van der Waals surface area contributed by atoms with Crippen molar-refractivity contribution in [2.45, 2.75) is 12.8 Å². The molecule has 0 saturated carbocycles. The molecule has 1 aromatic rings. The van der Waals surface area contributed by atoms with Crippen LogP contribution in [0.3, 0.4) is 0 Å². The van der Waals surface area contributed by atoms with Crippen molar-refractivity contribution in [1.29, 1.82) is 0 Å². The van der Waals surface area contributed by atoms with Gasteiger partial charge in [0.15, 0.2) is 0 Å². The van der Waals surface area contributed by atoms with Crippen LogP contribution in [0.25, 0.3) is 0 Å². The maximum absolute atomic E-state index is 11.3. The van der Waals surface area contributed by atoms with Crippen LogP contribution in [-0.4, -0.2) is 33.2 Å². The van der Waals surface area contributed by atoms with Gasteiger partial charge in [0.1, 0.15) is 11.3 Å². The summed E-state index contributed by atoms with van der Waals surface area (Å²) in [7, 11) is 0. The Morgan fingerprint density at radius 2 is 1.78 bits per heavy atom. The maximum Gasteiger partial charge on any atom is 0.339 e. The molecule has 0 aliphatic carbocycles. The Balaban J connectivity index is 2.69. The molecular formula is C11H11NO6. The lowest BCUT2D eigenvalue weighted by molar-refractivity contribution is -0.138. The van der Waals surface area contributed by atoms with Gasteiger partial charge >= 0.3 is 11.9 Å². The van der Waals surface area contributed by atoms with Crippen molar-refractivity contribution in [1.82, 2.24) is 0 Å². The molecule has 18 heavy (non-hydrogen) atoms. The molecule has 4 N–H and O–H groups in total. The highest BCUT2D eigenvalue weighted by Crippen LogP contribution is 2.22. The molecule has 7 heteroatoms. The standard InChI is InChI=1S/C11H11NO6/c13-8-5-6(1-2-7(8)11(17)18)12-9(14)3-4-10(15)16/h1-2,5,13H,3-4H2,(H,12,14)(H,15,16)(H,17,18). The van der Waals surface area contributed by atoms with Gasteiger partial charge in [0.25, 0.3) is 0 Å². The number of rotatable bonds is 5. The third kappa shape index (κ3) is 3.78. The van der Waals surface area contributed by atoms with Gasteiger partial charge in [-0.25, -0.2) is 4.79 Å². The minimum absolute atomic E-state index is 0.198. The van der Waals surface area contributed by atoms with Crippen LogP contribution in [0.5, 0.6) is 5.75 Å². The van der Waals surface area contributed by atoms with Gasteiger partial charge in [0, 0.05) is 18.2 Å². The lowest BCUT2D eigenvalue weighted by Gasteiger charge is -2.06. The second-order valence-electron chi connectivity index (χ2n) is 3.48. The van der Waals surface area contributed by atoms with Gasteiger partial charge in [-0.05, 0) is 12.1 Å². The topological polar surface area (TPSA) is 124 Å². The molecule has 0 aliphatic heterocycles. The number of hydrogen-bond donors (Lipinski definition) is 4. The fourth-order valence-electron chi connectivity index (χ4n) is 1.23. The number of amides is 1. The Morgan fingerprint density at radius 3 is 2.28 bits per heavy atom. The summed E-state index contributed by atoms with van der Waals surface area (Å²) in [5.41, 5.74) is -0.0774. The first-order valence-corrected chi connectivity index (χ1v) is 4.98. The second kappa shape index (κ2) is 5.67. The fraction of sp³-hybridized carbons (Fsp3) is 0.182. The van der Waals surface area contributed by atoms with Gasteiger partial charge < -0.3 is 20.6 Å². The van der Waals surface area contributed by atoms with E-state index in [2.05, 4.69) is 5.32 Å². The van der Waals surface area contributed by atoms with Gasteiger partial charge in [-0.1, -0.05) is 0 Å². The summed E-state index contributed by atoms with van der Waals surface area (Å²) in [6, 6.07) is 3.54. The summed E-state index contributed by atoms with van der Waals surface area (Å²) in [5, 5.41) is 28.8. The highest BCUT2D eigenvalue weighted by molar-refractivity contribution is 5.95. The lowest BCUT2D eigenvalue weighted by Crippen LogP contribution is -2.13. The van der Waals surface area contributed by atoms with Gasteiger partial charge in [0.05, 0.1) is 6.42 Å². The molecule has 0 saturated heterocycles. The summed E-state index contributed by atoms with van der Waals surface area (Å²) < 4.78 is 0. The van der Waals surface area contributed by atoms with E-state index in [0.717, 1.165) is 12.1 Å². The molecule has 1 amide bonds. The number of aliphatic carboxylic acids is 1. The van der Waals surface area contributed by atoms with E-state index in [1.165, 1.54) is 6.07 Å². The second-order valence-corrected chi connectivity index (χ2v) is 3.48. The summed E-state index contributed by atoms with van der Waals surface area (Å²) in [6.45, 7) is 0. The van der Waals surface area contributed by atoms with E-state index >= 15 is 0 Å². The number of carboxylic acid groups (broad SMARTS) is 2. The Kier molecular flexibility index (Phi) is 4.25. The van der Waals surface area contributed by atoms with Crippen molar-refractivity contribution in [3.63, 3.8) is 0 Å². The van der Waals surface area contributed by atoms with E-state index < -0.39 is 23.6 Å². The normalized spacial score (nSPS) is 9.78. The zero-order chi connectivity index (χ0) is 13.7. The molecule has 1 aromatic carbocycles. The van der Waals surface area contributed by atoms with Gasteiger partial charge in [-0.15, -0.1) is 0 Å². The monoisotopic (exact) mass is 253 g/mol. The first kappa shape index (κ1) is 13.5. The van der Waals surface area contributed by atoms with Crippen LogP contribution in [-0.2, 0) is 9.59 Å². The van der Waals surface area contributed by atoms with E-state index in [9.17, 15) is 19.5 Å². The third-order valence-corrected chi connectivity index (χ3v) is 2.08. The van der Waals surface area contributed by atoms with E-state index in [1.54, 1.807) is 0 Å². The van der Waals surface area contributed by atoms with Gasteiger partial charge in [0.2, 0.25) is 5.91 Å². The Bertz CT molecular complexity index is 496. The Morgan fingerprint density at radius 1 is 1.11 bits per heavy atom. The van der Waals surface area contributed by atoms with E-state index in [0.29, 0.717) is 0 Å². The maximum atomic E-state index is 11.3. The van der Waals surface area contributed by atoms with Gasteiger partial charge in [-0.2, -0.15) is 0 Å². The highest BCUT2D eigenvalue weighted by Gasteiger charge is 2.11. The van der Waals surface area contributed by atoms with Crippen LogP contribution in [0.1, 0.15) is 23.2 Å². The Labute approximate surface area is 102 Å². The summed E-state index contributed by atoms with van der Waals surface area (Å²) in [6.07, 6.45) is -0.498. The number of carboxylic acids is 2. The summed E-state index contributed by atoms with van der Waals surface area (Å²) in [4.78, 5) is 32.1. The third-order valence-electron chi connectivity index (χ3n) is 2.08. The van der Waals surface area contributed by atoms with Crippen molar-refractivity contribution in [2.24, 2.45) is 0 Å². The van der Waals surface area contributed by atoms with E-state index in [1.807, 2.05) is 0 Å². The first-order chi connectivity index (χ1) is 8.40. The predicted molar refractivity (Wildman–Crippen MR) is 60.6 cm³/mol. The molecular weight excluding hydrogens is 242 g/mol. The van der Waals surface area contributed by atoms with Crippen LogP contribution < -0.4 is 5.32 Å². The summed E-state index contributed by atoms with van der Waals surface area (Å²) >= 11 is 0. The number of anilines is 1. The largest absolute Gasteiger partial charge is 0.507 e. The number of benzene rings is 1. The van der Waals surface area contributed by atoms with E-state index in [4.69, 9.17) is 10.2 Å². The van der Waals surface area contributed by atoms with Crippen molar-refractivity contribution in [3.8, 4) is 5.75 Å². The van der Waals surface area contributed by atoms with Crippen LogP contribution in [0.4, 0.5) is 5.69 Å². The number of nitrogens with one attached hydrogen (secondary N) is 1. The number of carbonyl (C=O) groups excluding carboxylic acids is 1. The summed E-state index contributed by atoms with van der Waals surface area (Å²) in [5.74, 6) is -3.37. The molecule has 0 aromatic heterocycles. The first-order valence-electron chi connectivity index (χ1n) is 4.98. The smallest absolute Gasteiger partial charge is 0.339 e. The molecule has 0 spiro atoms. The number of aromatic carboxylic acids is 1. The molecule has 1 rings (SSSR count). The number of aromatic hydroxyl groups is 1. The van der Waals surface area contributed by atoms with Crippen LogP contribution >= 0.6 is 0 Å². The SMILES string of the molecule is O=C(O)CCC(=O)Nc1ccc(C(=O)O)c(O)c1. The molecule has 0 unspecified atom stereocenters. The zero-order valence-electron chi connectivity index (χ0n) is 9.21. The number of carbonyl (C=O) groups is 3. The number of hydrogen-bond acceptors (Lipinski definition) is 4. The minimum atomic E-state index is -1.28. The van der Waals surface area contributed by atoms with Crippen LogP contribution in [0.15, 0.2) is 18.2 Å². The Hall–Kier alpha value is -2.57. The minimum Gasteiger partial charge on any atom is -0.507 e. The van der Waals surface area contributed by atoms with Gasteiger partial charge in [-0.3, -0.25) is 9.59 Å². The molecule has 0 radical (unpaired) electrons. The van der Waals surface area contributed by atoms with Crippen molar-refractivity contribution in [2.75, 3.05) is 5.32 Å². The van der Waals surface area contributed by atoms with E-state index in [-0.39, 0.29) is 24.1 Å². The highest BCUT2D eigenvalue weighted by atomic mass is 16.4. The fourth-order valence-corrected chi connectivity index (χ4v) is 1.23. The van der Waals surface area contributed by atoms with Crippen molar-refractivity contribution >= 4 is 23.5 Å². The molecule has 0 aliphatic rings. The molecule has 0 bridgehead atoms. The predicted octanol–water partition coefficient (Wildman–Crippen LogP) is 0.894. The quantitative estimate of drug-likeness (QED) is 0.617. The van der Waals surface area contributed by atoms with Crippen LogP contribution in [0, 0.1) is 0 Å². The molecule has 96 valence electrons. The zero-order valence-corrected chi connectivity index (χ0v) is 9.21. The molecule has 7 nitrogen and oxygen atoms in total. The average Bonchev–Trinajstić information content (AvgIpc) is 2.26. The van der Waals surface area contributed by atoms with Crippen LogP contribution in [0.2, 0.25) is 0 Å². The molecule has 0 atom stereocenters. The van der Waals surface area contributed by atoms with Crippen molar-refractivity contribution < 1.29 is 29.7 Å². The lowest BCUT2D eigenvalue weighted by atomic mass is 10.2. The molecule has 0 heterocycles. The number of phenols is 1. The van der Waals surface area contributed by atoms with Crippen molar-refractivity contribution in [3.05, 3.63) is 23.8 Å².